The fraction of sp³-hybridized carbons (Fsp3) is 0.444. The van der Waals surface area contributed by atoms with Gasteiger partial charge >= 0.3 is 0 Å². The van der Waals surface area contributed by atoms with Gasteiger partial charge < -0.3 is 10.6 Å². The molecule has 1 amide bonds. The summed E-state index contributed by atoms with van der Waals surface area (Å²) in [4.78, 5) is 12.2. The van der Waals surface area contributed by atoms with Crippen LogP contribution in [0.5, 0.6) is 0 Å². The van der Waals surface area contributed by atoms with Gasteiger partial charge in [0.05, 0.1) is 23.3 Å². The van der Waals surface area contributed by atoms with Crippen LogP contribution in [0, 0.1) is 19.8 Å². The number of amides is 1. The summed E-state index contributed by atoms with van der Waals surface area (Å²) < 4.78 is 1.94. The van der Waals surface area contributed by atoms with Crippen molar-refractivity contribution in [1.29, 1.82) is 0 Å². The Hall–Kier alpha value is -1.56. The highest BCUT2D eigenvalue weighted by atomic mass is 35.5. The van der Waals surface area contributed by atoms with E-state index in [1.54, 1.807) is 0 Å². The zero-order valence-corrected chi connectivity index (χ0v) is 16.4. The molecule has 2 heterocycles. The zero-order chi connectivity index (χ0) is 16.4. The number of hydrogen-bond donors (Lipinski definition) is 2. The molecule has 2 atom stereocenters. The molecule has 138 valence electrons. The molecule has 25 heavy (non-hydrogen) atoms. The molecule has 1 saturated heterocycles. The van der Waals surface area contributed by atoms with Gasteiger partial charge in [-0.25, -0.2) is 4.68 Å². The van der Waals surface area contributed by atoms with Gasteiger partial charge in [0, 0.05) is 12.2 Å². The van der Waals surface area contributed by atoms with Gasteiger partial charge in [0.2, 0.25) is 5.91 Å². The first-order valence-electron chi connectivity index (χ1n) is 8.19. The molecule has 0 saturated carbocycles. The average molecular weight is 385 g/mol. The smallest absolute Gasteiger partial charge is 0.224 e. The van der Waals surface area contributed by atoms with E-state index < -0.39 is 0 Å². The molecule has 2 N–H and O–H groups in total. The third-order valence-corrected chi connectivity index (χ3v) is 4.44. The molecular formula is C18H26Cl2N4O. The predicted molar refractivity (Wildman–Crippen MR) is 105 cm³/mol. The van der Waals surface area contributed by atoms with Gasteiger partial charge in [-0.1, -0.05) is 12.1 Å². The molecule has 5 nitrogen and oxygen atoms in total. The van der Waals surface area contributed by atoms with Gasteiger partial charge in [0.25, 0.3) is 0 Å². The number of hydrogen-bond acceptors (Lipinski definition) is 3. The second kappa shape index (κ2) is 9.22. The number of carbonyl (C=O) groups is 1. The second-order valence-electron chi connectivity index (χ2n) is 6.35. The fourth-order valence-corrected chi connectivity index (χ4v) is 3.09. The summed E-state index contributed by atoms with van der Waals surface area (Å²) >= 11 is 0. The largest absolute Gasteiger partial charge is 0.349 e. The van der Waals surface area contributed by atoms with Crippen LogP contribution < -0.4 is 10.6 Å². The molecular weight excluding hydrogens is 359 g/mol. The van der Waals surface area contributed by atoms with Crippen molar-refractivity contribution >= 4 is 30.7 Å². The van der Waals surface area contributed by atoms with Crippen molar-refractivity contribution in [1.82, 2.24) is 20.4 Å². The maximum atomic E-state index is 12.2. The predicted octanol–water partition coefficient (Wildman–Crippen LogP) is 3.12. The second-order valence-corrected chi connectivity index (χ2v) is 6.35. The molecule has 0 radical (unpaired) electrons. The highest BCUT2D eigenvalue weighted by Gasteiger charge is 2.23. The molecule has 0 spiro atoms. The minimum absolute atomic E-state index is 0. The van der Waals surface area contributed by atoms with E-state index in [9.17, 15) is 4.79 Å². The lowest BCUT2D eigenvalue weighted by molar-refractivity contribution is -0.125. The maximum Gasteiger partial charge on any atom is 0.224 e. The lowest BCUT2D eigenvalue weighted by atomic mass is 10.0. The first kappa shape index (κ1) is 21.5. The van der Waals surface area contributed by atoms with Gasteiger partial charge in [-0.3, -0.25) is 4.79 Å². The van der Waals surface area contributed by atoms with Crippen molar-refractivity contribution in [2.45, 2.75) is 33.2 Å². The quantitative estimate of drug-likeness (QED) is 0.850. The van der Waals surface area contributed by atoms with Gasteiger partial charge in [0.15, 0.2) is 0 Å². The zero-order valence-electron chi connectivity index (χ0n) is 14.8. The van der Waals surface area contributed by atoms with Crippen molar-refractivity contribution in [3.05, 3.63) is 47.3 Å². The van der Waals surface area contributed by atoms with Crippen molar-refractivity contribution in [3.8, 4) is 5.69 Å². The summed E-state index contributed by atoms with van der Waals surface area (Å²) in [6.07, 6.45) is 0.926. The Morgan fingerprint density at radius 1 is 1.28 bits per heavy atom. The van der Waals surface area contributed by atoms with Crippen molar-refractivity contribution < 1.29 is 4.79 Å². The minimum atomic E-state index is 0. The number of rotatable bonds is 4. The first-order chi connectivity index (χ1) is 11.0. The maximum absolute atomic E-state index is 12.2. The van der Waals surface area contributed by atoms with Gasteiger partial charge in [0.1, 0.15) is 0 Å². The molecule has 1 aliphatic rings. The highest BCUT2D eigenvalue weighted by Crippen LogP contribution is 2.18. The standard InChI is InChI=1S/C18H24N4O.2ClH/c1-12-10-13(2)22(21-12)17-6-4-15(5-7-17)14(3)20-18(23)16-8-9-19-11-16;;/h4-7,10,14,16,19H,8-9,11H2,1-3H3,(H,20,23);2*1H. The van der Waals surface area contributed by atoms with E-state index in [2.05, 4.69) is 46.1 Å². The topological polar surface area (TPSA) is 59.0 Å². The summed E-state index contributed by atoms with van der Waals surface area (Å²) in [5.41, 5.74) is 4.27. The molecule has 3 rings (SSSR count). The number of halogens is 2. The number of nitrogens with zero attached hydrogens (tertiary/aromatic N) is 2. The fourth-order valence-electron chi connectivity index (χ4n) is 3.09. The van der Waals surface area contributed by atoms with Crippen LogP contribution >= 0.6 is 24.8 Å². The SMILES string of the molecule is Cc1cc(C)n(-c2ccc(C(C)NC(=O)C3CCNC3)cc2)n1.Cl.Cl. The summed E-state index contributed by atoms with van der Waals surface area (Å²) in [5.74, 6) is 0.247. The molecule has 7 heteroatoms. The number of nitrogens with one attached hydrogen (secondary N) is 2. The summed E-state index contributed by atoms with van der Waals surface area (Å²) in [6, 6.07) is 10.3. The van der Waals surface area contributed by atoms with Crippen LogP contribution in [0.3, 0.4) is 0 Å². The lowest BCUT2D eigenvalue weighted by Crippen LogP contribution is -2.33. The molecule has 1 aromatic carbocycles. The van der Waals surface area contributed by atoms with E-state index >= 15 is 0 Å². The van der Waals surface area contributed by atoms with Crippen LogP contribution in [-0.2, 0) is 4.79 Å². The van der Waals surface area contributed by atoms with E-state index in [4.69, 9.17) is 0 Å². The summed E-state index contributed by atoms with van der Waals surface area (Å²) in [7, 11) is 0. The van der Waals surface area contributed by atoms with Gasteiger partial charge in [-0.15, -0.1) is 24.8 Å². The van der Waals surface area contributed by atoms with Crippen LogP contribution in [0.2, 0.25) is 0 Å². The van der Waals surface area contributed by atoms with E-state index in [-0.39, 0.29) is 42.7 Å². The molecule has 1 aromatic heterocycles. The number of aromatic nitrogens is 2. The Morgan fingerprint density at radius 2 is 1.96 bits per heavy atom. The first-order valence-corrected chi connectivity index (χ1v) is 8.19. The molecule has 0 aliphatic carbocycles. The van der Waals surface area contributed by atoms with Gasteiger partial charge in [-0.2, -0.15) is 5.10 Å². The average Bonchev–Trinajstić information content (AvgIpc) is 3.17. The van der Waals surface area contributed by atoms with E-state index in [1.807, 2.05) is 25.5 Å². The van der Waals surface area contributed by atoms with Crippen LogP contribution in [0.15, 0.2) is 30.3 Å². The van der Waals surface area contributed by atoms with Crippen molar-refractivity contribution in [2.75, 3.05) is 13.1 Å². The Labute approximate surface area is 161 Å². The number of benzene rings is 1. The number of carbonyl (C=O) groups excluding carboxylic acids is 1. The highest BCUT2D eigenvalue weighted by molar-refractivity contribution is 5.85. The Bertz CT molecular complexity index is 694. The molecule has 1 aliphatic heterocycles. The third kappa shape index (κ3) is 4.97. The van der Waals surface area contributed by atoms with Crippen LogP contribution in [0.4, 0.5) is 0 Å². The molecule has 2 aromatic rings. The van der Waals surface area contributed by atoms with Crippen LogP contribution in [0.25, 0.3) is 5.69 Å². The molecule has 2 unspecified atom stereocenters. The van der Waals surface area contributed by atoms with E-state index in [1.165, 1.54) is 0 Å². The molecule has 0 bridgehead atoms. The van der Waals surface area contributed by atoms with E-state index in [0.717, 1.165) is 42.1 Å². The third-order valence-electron chi connectivity index (χ3n) is 4.44. The van der Waals surface area contributed by atoms with Crippen LogP contribution in [0.1, 0.15) is 36.3 Å². The van der Waals surface area contributed by atoms with Crippen LogP contribution in [-0.4, -0.2) is 28.8 Å². The molecule has 1 fully saturated rings. The van der Waals surface area contributed by atoms with Crippen molar-refractivity contribution in [2.24, 2.45) is 5.92 Å². The van der Waals surface area contributed by atoms with E-state index in [0.29, 0.717) is 0 Å². The normalized spacial score (nSPS) is 17.3. The minimum Gasteiger partial charge on any atom is -0.349 e. The summed E-state index contributed by atoms with van der Waals surface area (Å²) in [6.45, 7) is 7.79. The van der Waals surface area contributed by atoms with Gasteiger partial charge in [-0.05, 0) is 57.5 Å². The Kier molecular flexibility index (Phi) is 7.93. The summed E-state index contributed by atoms with van der Waals surface area (Å²) in [5, 5.41) is 10.8. The Balaban J connectivity index is 0.00000156. The number of aryl methyl sites for hydroxylation is 2. The lowest BCUT2D eigenvalue weighted by Gasteiger charge is -2.17. The van der Waals surface area contributed by atoms with Crippen molar-refractivity contribution in [3.63, 3.8) is 0 Å². The monoisotopic (exact) mass is 384 g/mol. The Morgan fingerprint density at radius 3 is 2.48 bits per heavy atom.